The van der Waals surface area contributed by atoms with Crippen molar-refractivity contribution >= 4 is 5.91 Å². The molecule has 2 rings (SSSR count). The summed E-state index contributed by atoms with van der Waals surface area (Å²) in [4.78, 5) is 16.2. The third-order valence-corrected chi connectivity index (χ3v) is 3.70. The summed E-state index contributed by atoms with van der Waals surface area (Å²) in [5.41, 5.74) is 2.40. The Hall–Kier alpha value is -1.39. The molecular weight excluding hydrogens is 238 g/mol. The van der Waals surface area contributed by atoms with Crippen LogP contribution < -0.4 is 5.32 Å². The van der Waals surface area contributed by atoms with Crippen LogP contribution in [0.15, 0.2) is 24.3 Å². The molecule has 1 aliphatic rings. The normalized spacial score (nSPS) is 19.5. The number of aryl methyl sites for hydroxylation is 1. The number of benzene rings is 1. The van der Waals surface area contributed by atoms with E-state index < -0.39 is 0 Å². The molecule has 1 aliphatic heterocycles. The Morgan fingerprint density at radius 1 is 1.47 bits per heavy atom. The fourth-order valence-electron chi connectivity index (χ4n) is 2.37. The standard InChI is InChI=1S/C15H23N3O/c1-4-17(3)8-9-18-14(19)11-16-15(18)13-7-5-6-12(2)10-13/h5-7,10,15-16H,4,8-9,11H2,1-3H3. The lowest BCUT2D eigenvalue weighted by Crippen LogP contribution is -2.37. The number of hydrogen-bond acceptors (Lipinski definition) is 3. The van der Waals surface area contributed by atoms with E-state index in [2.05, 4.69) is 49.3 Å². The Labute approximate surface area is 115 Å². The fraction of sp³-hybridized carbons (Fsp3) is 0.533. The van der Waals surface area contributed by atoms with Gasteiger partial charge in [-0.15, -0.1) is 0 Å². The van der Waals surface area contributed by atoms with Crippen LogP contribution in [0.25, 0.3) is 0 Å². The Morgan fingerprint density at radius 2 is 2.26 bits per heavy atom. The fourth-order valence-corrected chi connectivity index (χ4v) is 2.37. The second kappa shape index (κ2) is 6.17. The van der Waals surface area contributed by atoms with Gasteiger partial charge in [-0.2, -0.15) is 0 Å². The molecule has 1 N–H and O–H groups in total. The highest BCUT2D eigenvalue weighted by molar-refractivity contribution is 5.81. The van der Waals surface area contributed by atoms with E-state index in [1.807, 2.05) is 11.0 Å². The van der Waals surface area contributed by atoms with Crippen LogP contribution >= 0.6 is 0 Å². The van der Waals surface area contributed by atoms with Crippen molar-refractivity contribution in [1.82, 2.24) is 15.1 Å². The van der Waals surface area contributed by atoms with Crippen LogP contribution in [-0.2, 0) is 4.79 Å². The van der Waals surface area contributed by atoms with Gasteiger partial charge < -0.3 is 9.80 Å². The van der Waals surface area contributed by atoms with E-state index in [-0.39, 0.29) is 12.1 Å². The predicted octanol–water partition coefficient (Wildman–Crippen LogP) is 1.38. The highest BCUT2D eigenvalue weighted by atomic mass is 16.2. The molecule has 0 radical (unpaired) electrons. The van der Waals surface area contributed by atoms with Crippen LogP contribution in [0, 0.1) is 6.92 Å². The number of carbonyl (C=O) groups is 1. The summed E-state index contributed by atoms with van der Waals surface area (Å²) in [5, 5.41) is 3.30. The molecule has 1 amide bonds. The van der Waals surface area contributed by atoms with Crippen molar-refractivity contribution in [3.05, 3.63) is 35.4 Å². The van der Waals surface area contributed by atoms with Crippen LogP contribution in [0.4, 0.5) is 0 Å². The van der Waals surface area contributed by atoms with Gasteiger partial charge in [-0.1, -0.05) is 36.8 Å². The Balaban J connectivity index is 2.08. The first-order valence-corrected chi connectivity index (χ1v) is 6.89. The van der Waals surface area contributed by atoms with Gasteiger partial charge in [0.25, 0.3) is 0 Å². The Kier molecular flexibility index (Phi) is 4.56. The SMILES string of the molecule is CCN(C)CCN1C(=O)CNC1c1cccc(C)c1. The smallest absolute Gasteiger partial charge is 0.238 e. The molecule has 1 fully saturated rings. The topological polar surface area (TPSA) is 35.6 Å². The van der Waals surface area contributed by atoms with E-state index in [0.29, 0.717) is 6.54 Å². The van der Waals surface area contributed by atoms with Gasteiger partial charge in [0.05, 0.1) is 6.54 Å². The third-order valence-electron chi connectivity index (χ3n) is 3.70. The predicted molar refractivity (Wildman–Crippen MR) is 76.8 cm³/mol. The third kappa shape index (κ3) is 3.33. The van der Waals surface area contributed by atoms with Crippen molar-refractivity contribution in [2.24, 2.45) is 0 Å². The molecule has 4 heteroatoms. The molecule has 1 atom stereocenters. The van der Waals surface area contributed by atoms with E-state index in [1.54, 1.807) is 0 Å². The molecule has 19 heavy (non-hydrogen) atoms. The van der Waals surface area contributed by atoms with Crippen molar-refractivity contribution in [3.63, 3.8) is 0 Å². The second-order valence-corrected chi connectivity index (χ2v) is 5.18. The first kappa shape index (κ1) is 14.0. The minimum absolute atomic E-state index is 0.0256. The van der Waals surface area contributed by atoms with Gasteiger partial charge in [0.2, 0.25) is 5.91 Å². The second-order valence-electron chi connectivity index (χ2n) is 5.18. The van der Waals surface area contributed by atoms with E-state index in [9.17, 15) is 4.79 Å². The highest BCUT2D eigenvalue weighted by Gasteiger charge is 2.31. The molecular formula is C15H23N3O. The highest BCUT2D eigenvalue weighted by Crippen LogP contribution is 2.22. The molecule has 1 aromatic rings. The average Bonchev–Trinajstić information content (AvgIpc) is 2.77. The molecule has 104 valence electrons. The minimum atomic E-state index is 0.0256. The van der Waals surface area contributed by atoms with Gasteiger partial charge >= 0.3 is 0 Å². The molecule has 1 saturated heterocycles. The van der Waals surface area contributed by atoms with E-state index in [4.69, 9.17) is 0 Å². The maximum atomic E-state index is 12.0. The zero-order chi connectivity index (χ0) is 13.8. The van der Waals surface area contributed by atoms with Gasteiger partial charge in [-0.25, -0.2) is 0 Å². The molecule has 0 spiro atoms. The first-order valence-electron chi connectivity index (χ1n) is 6.89. The number of nitrogens with zero attached hydrogens (tertiary/aromatic N) is 2. The number of nitrogens with one attached hydrogen (secondary N) is 1. The van der Waals surface area contributed by atoms with Gasteiger partial charge in [0.1, 0.15) is 6.17 Å². The van der Waals surface area contributed by atoms with Crippen LogP contribution in [-0.4, -0.2) is 48.9 Å². The lowest BCUT2D eigenvalue weighted by molar-refractivity contribution is -0.128. The first-order chi connectivity index (χ1) is 9.11. The Morgan fingerprint density at radius 3 is 2.95 bits per heavy atom. The monoisotopic (exact) mass is 261 g/mol. The molecule has 1 heterocycles. The van der Waals surface area contributed by atoms with Gasteiger partial charge in [-0.05, 0) is 26.1 Å². The maximum Gasteiger partial charge on any atom is 0.238 e. The molecule has 0 aromatic heterocycles. The van der Waals surface area contributed by atoms with Crippen LogP contribution in [0.5, 0.6) is 0 Å². The van der Waals surface area contributed by atoms with Gasteiger partial charge in [0, 0.05) is 13.1 Å². The molecule has 0 bridgehead atoms. The van der Waals surface area contributed by atoms with Crippen molar-refractivity contribution in [1.29, 1.82) is 0 Å². The molecule has 1 aromatic carbocycles. The summed E-state index contributed by atoms with van der Waals surface area (Å²) in [6.07, 6.45) is 0.0256. The minimum Gasteiger partial charge on any atom is -0.321 e. The van der Waals surface area contributed by atoms with Crippen molar-refractivity contribution in [2.75, 3.05) is 33.2 Å². The molecule has 4 nitrogen and oxygen atoms in total. The van der Waals surface area contributed by atoms with Crippen molar-refractivity contribution in [3.8, 4) is 0 Å². The molecule has 0 aliphatic carbocycles. The lowest BCUT2D eigenvalue weighted by Gasteiger charge is -2.27. The maximum absolute atomic E-state index is 12.0. The zero-order valence-corrected chi connectivity index (χ0v) is 12.0. The number of hydrogen-bond donors (Lipinski definition) is 1. The number of rotatable bonds is 5. The van der Waals surface area contributed by atoms with Crippen LogP contribution in [0.2, 0.25) is 0 Å². The summed E-state index contributed by atoms with van der Waals surface area (Å²) >= 11 is 0. The summed E-state index contributed by atoms with van der Waals surface area (Å²) < 4.78 is 0. The van der Waals surface area contributed by atoms with Crippen LogP contribution in [0.1, 0.15) is 24.2 Å². The van der Waals surface area contributed by atoms with Crippen molar-refractivity contribution < 1.29 is 4.79 Å². The quantitative estimate of drug-likeness (QED) is 0.870. The molecule has 1 unspecified atom stereocenters. The van der Waals surface area contributed by atoms with Crippen LogP contribution in [0.3, 0.4) is 0 Å². The van der Waals surface area contributed by atoms with E-state index in [0.717, 1.165) is 19.6 Å². The molecule has 0 saturated carbocycles. The summed E-state index contributed by atoms with van der Waals surface area (Å²) in [5.74, 6) is 0.191. The summed E-state index contributed by atoms with van der Waals surface area (Å²) in [6, 6.07) is 8.35. The lowest BCUT2D eigenvalue weighted by atomic mass is 10.1. The van der Waals surface area contributed by atoms with E-state index >= 15 is 0 Å². The number of carbonyl (C=O) groups excluding carboxylic acids is 1. The van der Waals surface area contributed by atoms with Crippen molar-refractivity contribution in [2.45, 2.75) is 20.0 Å². The largest absolute Gasteiger partial charge is 0.321 e. The number of amides is 1. The summed E-state index contributed by atoms with van der Waals surface area (Å²) in [7, 11) is 2.08. The van der Waals surface area contributed by atoms with Gasteiger partial charge in [0.15, 0.2) is 0 Å². The average molecular weight is 261 g/mol. The van der Waals surface area contributed by atoms with E-state index in [1.165, 1.54) is 11.1 Å². The van der Waals surface area contributed by atoms with Gasteiger partial charge in [-0.3, -0.25) is 10.1 Å². The zero-order valence-electron chi connectivity index (χ0n) is 12.0. The Bertz CT molecular complexity index is 447. The summed E-state index contributed by atoms with van der Waals surface area (Å²) in [6.45, 7) is 7.33. The number of likely N-dealkylation sites (N-methyl/N-ethyl adjacent to an activating group) is 1.